The third-order valence-electron chi connectivity index (χ3n) is 3.23. The SMILES string of the molecule is CCC(CCCC1CCCO1)CNC. The molecule has 1 rings (SSSR count). The van der Waals surface area contributed by atoms with E-state index >= 15 is 0 Å². The predicted molar refractivity (Wildman–Crippen MR) is 60.5 cm³/mol. The Balaban J connectivity index is 2.00. The van der Waals surface area contributed by atoms with Crippen molar-refractivity contribution in [3.8, 4) is 0 Å². The van der Waals surface area contributed by atoms with Crippen molar-refractivity contribution in [2.75, 3.05) is 20.2 Å². The van der Waals surface area contributed by atoms with E-state index in [-0.39, 0.29) is 0 Å². The molecule has 0 aliphatic carbocycles. The first-order chi connectivity index (χ1) is 6.86. The molecular formula is C12H25NO. The first-order valence-electron chi connectivity index (χ1n) is 6.13. The largest absolute Gasteiger partial charge is 0.378 e. The Morgan fingerprint density at radius 1 is 1.50 bits per heavy atom. The fourth-order valence-electron chi connectivity index (χ4n) is 2.25. The molecule has 0 saturated carbocycles. The summed E-state index contributed by atoms with van der Waals surface area (Å²) < 4.78 is 5.61. The molecule has 1 aliphatic heterocycles. The summed E-state index contributed by atoms with van der Waals surface area (Å²) in [5.74, 6) is 0.862. The van der Waals surface area contributed by atoms with Gasteiger partial charge in [-0.25, -0.2) is 0 Å². The fraction of sp³-hybridized carbons (Fsp3) is 1.00. The number of ether oxygens (including phenoxy) is 1. The molecule has 1 saturated heterocycles. The standard InChI is InChI=1S/C12H25NO/c1-3-11(10-13-2)6-4-7-12-8-5-9-14-12/h11-13H,3-10H2,1-2H3. The fourth-order valence-corrected chi connectivity index (χ4v) is 2.25. The lowest BCUT2D eigenvalue weighted by Gasteiger charge is -2.15. The first kappa shape index (κ1) is 12.0. The molecule has 1 fully saturated rings. The van der Waals surface area contributed by atoms with Gasteiger partial charge in [0.2, 0.25) is 0 Å². The average molecular weight is 199 g/mol. The lowest BCUT2D eigenvalue weighted by Crippen LogP contribution is -2.18. The highest BCUT2D eigenvalue weighted by Gasteiger charge is 2.15. The van der Waals surface area contributed by atoms with E-state index in [0.29, 0.717) is 6.10 Å². The summed E-state index contributed by atoms with van der Waals surface area (Å²) in [5.41, 5.74) is 0. The molecule has 2 heteroatoms. The van der Waals surface area contributed by atoms with Crippen LogP contribution in [0.2, 0.25) is 0 Å². The molecular weight excluding hydrogens is 174 g/mol. The average Bonchev–Trinajstić information content (AvgIpc) is 2.69. The molecule has 2 unspecified atom stereocenters. The van der Waals surface area contributed by atoms with Gasteiger partial charge in [-0.15, -0.1) is 0 Å². The summed E-state index contributed by atoms with van der Waals surface area (Å²) in [6.45, 7) is 4.45. The van der Waals surface area contributed by atoms with Crippen LogP contribution in [0.25, 0.3) is 0 Å². The molecule has 84 valence electrons. The third kappa shape index (κ3) is 4.43. The Kier molecular flexibility index (Phi) is 6.20. The van der Waals surface area contributed by atoms with E-state index < -0.39 is 0 Å². The van der Waals surface area contributed by atoms with Crippen molar-refractivity contribution in [3.63, 3.8) is 0 Å². The Labute approximate surface area is 88.4 Å². The van der Waals surface area contributed by atoms with E-state index in [2.05, 4.69) is 12.2 Å². The van der Waals surface area contributed by atoms with Crippen LogP contribution < -0.4 is 5.32 Å². The summed E-state index contributed by atoms with van der Waals surface area (Å²) >= 11 is 0. The molecule has 0 spiro atoms. The Hall–Kier alpha value is -0.0800. The number of rotatable bonds is 7. The van der Waals surface area contributed by atoms with Gasteiger partial charge in [0.1, 0.15) is 0 Å². The third-order valence-corrected chi connectivity index (χ3v) is 3.23. The van der Waals surface area contributed by atoms with Crippen LogP contribution in [0.1, 0.15) is 45.4 Å². The summed E-state index contributed by atoms with van der Waals surface area (Å²) in [4.78, 5) is 0. The van der Waals surface area contributed by atoms with Gasteiger partial charge < -0.3 is 10.1 Å². The van der Waals surface area contributed by atoms with Crippen LogP contribution >= 0.6 is 0 Å². The maximum absolute atomic E-state index is 5.61. The van der Waals surface area contributed by atoms with Crippen LogP contribution in [0.3, 0.4) is 0 Å². The van der Waals surface area contributed by atoms with E-state index in [1.807, 2.05) is 7.05 Å². The molecule has 14 heavy (non-hydrogen) atoms. The normalized spacial score (nSPS) is 24.0. The molecule has 0 amide bonds. The molecule has 0 radical (unpaired) electrons. The van der Waals surface area contributed by atoms with Crippen molar-refractivity contribution in [2.45, 2.75) is 51.6 Å². The minimum atomic E-state index is 0.585. The molecule has 0 aromatic heterocycles. The molecule has 0 aromatic rings. The second kappa shape index (κ2) is 7.24. The molecule has 1 aliphatic rings. The highest BCUT2D eigenvalue weighted by Crippen LogP contribution is 2.20. The lowest BCUT2D eigenvalue weighted by atomic mass is 9.97. The zero-order chi connectivity index (χ0) is 10.2. The van der Waals surface area contributed by atoms with Crippen LogP contribution in [-0.4, -0.2) is 26.3 Å². The Bertz CT molecular complexity index is 132. The van der Waals surface area contributed by atoms with Crippen LogP contribution in [0.15, 0.2) is 0 Å². The van der Waals surface area contributed by atoms with Crippen molar-refractivity contribution in [1.29, 1.82) is 0 Å². The summed E-state index contributed by atoms with van der Waals surface area (Å²) in [6, 6.07) is 0. The number of hydrogen-bond donors (Lipinski definition) is 1. The van der Waals surface area contributed by atoms with Crippen molar-refractivity contribution in [2.24, 2.45) is 5.92 Å². The first-order valence-corrected chi connectivity index (χ1v) is 6.13. The van der Waals surface area contributed by atoms with Gasteiger partial charge in [0.05, 0.1) is 6.10 Å². The lowest BCUT2D eigenvalue weighted by molar-refractivity contribution is 0.101. The van der Waals surface area contributed by atoms with Crippen molar-refractivity contribution >= 4 is 0 Å². The van der Waals surface area contributed by atoms with Crippen molar-refractivity contribution in [3.05, 3.63) is 0 Å². The monoisotopic (exact) mass is 199 g/mol. The number of hydrogen-bond acceptors (Lipinski definition) is 2. The van der Waals surface area contributed by atoms with E-state index in [4.69, 9.17) is 4.74 Å². The van der Waals surface area contributed by atoms with E-state index in [0.717, 1.165) is 12.5 Å². The molecule has 1 heterocycles. The van der Waals surface area contributed by atoms with Gasteiger partial charge in [0.15, 0.2) is 0 Å². The molecule has 2 atom stereocenters. The van der Waals surface area contributed by atoms with Gasteiger partial charge in [0, 0.05) is 6.61 Å². The topological polar surface area (TPSA) is 21.3 Å². The smallest absolute Gasteiger partial charge is 0.0576 e. The molecule has 0 aromatic carbocycles. The minimum Gasteiger partial charge on any atom is -0.378 e. The highest BCUT2D eigenvalue weighted by atomic mass is 16.5. The van der Waals surface area contributed by atoms with Crippen LogP contribution in [0.5, 0.6) is 0 Å². The summed E-state index contributed by atoms with van der Waals surface area (Å²) in [5, 5.41) is 3.27. The molecule has 0 bridgehead atoms. The van der Waals surface area contributed by atoms with Crippen LogP contribution in [0.4, 0.5) is 0 Å². The minimum absolute atomic E-state index is 0.585. The summed E-state index contributed by atoms with van der Waals surface area (Å²) in [6.07, 6.45) is 8.43. The predicted octanol–water partition coefficient (Wildman–Crippen LogP) is 2.58. The van der Waals surface area contributed by atoms with Crippen LogP contribution in [0, 0.1) is 5.92 Å². The highest BCUT2D eigenvalue weighted by molar-refractivity contribution is 4.66. The van der Waals surface area contributed by atoms with E-state index in [1.54, 1.807) is 0 Å². The Morgan fingerprint density at radius 2 is 2.36 bits per heavy atom. The van der Waals surface area contributed by atoms with Crippen molar-refractivity contribution < 1.29 is 4.74 Å². The quantitative estimate of drug-likeness (QED) is 0.680. The Morgan fingerprint density at radius 3 is 2.93 bits per heavy atom. The van der Waals surface area contributed by atoms with Crippen LogP contribution in [-0.2, 0) is 4.74 Å². The molecule has 1 N–H and O–H groups in total. The molecule has 2 nitrogen and oxygen atoms in total. The van der Waals surface area contributed by atoms with E-state index in [9.17, 15) is 0 Å². The summed E-state index contributed by atoms with van der Waals surface area (Å²) in [7, 11) is 2.04. The van der Waals surface area contributed by atoms with Gasteiger partial charge in [-0.05, 0) is 45.2 Å². The van der Waals surface area contributed by atoms with E-state index in [1.165, 1.54) is 45.1 Å². The van der Waals surface area contributed by atoms with Gasteiger partial charge in [-0.1, -0.05) is 19.8 Å². The zero-order valence-corrected chi connectivity index (χ0v) is 9.72. The number of nitrogens with one attached hydrogen (secondary N) is 1. The zero-order valence-electron chi connectivity index (χ0n) is 9.72. The second-order valence-corrected chi connectivity index (χ2v) is 4.40. The maximum atomic E-state index is 5.61. The second-order valence-electron chi connectivity index (χ2n) is 4.40. The maximum Gasteiger partial charge on any atom is 0.0576 e. The van der Waals surface area contributed by atoms with Gasteiger partial charge in [-0.3, -0.25) is 0 Å². The van der Waals surface area contributed by atoms with Gasteiger partial charge >= 0.3 is 0 Å². The van der Waals surface area contributed by atoms with Crippen molar-refractivity contribution in [1.82, 2.24) is 5.32 Å². The van der Waals surface area contributed by atoms with Gasteiger partial charge in [0.25, 0.3) is 0 Å². The van der Waals surface area contributed by atoms with Gasteiger partial charge in [-0.2, -0.15) is 0 Å².